The molecule has 2 aromatic heterocycles. The van der Waals surface area contributed by atoms with E-state index in [2.05, 4.69) is 21.9 Å². The van der Waals surface area contributed by atoms with Gasteiger partial charge in [0.25, 0.3) is 5.56 Å². The molecule has 1 aliphatic rings. The Bertz CT molecular complexity index is 626. The number of nitrogens with zero attached hydrogens (tertiary/aromatic N) is 4. The Morgan fingerprint density at radius 3 is 3.16 bits per heavy atom. The second-order valence-corrected chi connectivity index (χ2v) is 6.13. The molecule has 2 N–H and O–H groups in total. The smallest absolute Gasteiger partial charge is 0.275 e. The number of piperidine rings is 1. The lowest BCUT2D eigenvalue weighted by Crippen LogP contribution is -2.46. The highest BCUT2D eigenvalue weighted by Crippen LogP contribution is 2.16. The van der Waals surface area contributed by atoms with Crippen molar-refractivity contribution in [3.8, 4) is 0 Å². The molecule has 0 radical (unpaired) electrons. The molecule has 6 nitrogen and oxygen atoms in total. The van der Waals surface area contributed by atoms with E-state index < -0.39 is 0 Å². The van der Waals surface area contributed by atoms with Crippen LogP contribution in [0.25, 0.3) is 4.96 Å². The standard InChI is InChI=1S/C12H17N5OS/c1-8-2-9(13)5-16(4-8)6-10-3-11(18)17-12(15-10)19-7-14-17/h3,7-9H,2,4-6,13H2,1H3. The van der Waals surface area contributed by atoms with Gasteiger partial charge in [0.15, 0.2) is 0 Å². The molecule has 0 aromatic carbocycles. The lowest BCUT2D eigenvalue weighted by Gasteiger charge is -2.34. The molecule has 1 aliphatic heterocycles. The van der Waals surface area contributed by atoms with E-state index in [-0.39, 0.29) is 11.6 Å². The van der Waals surface area contributed by atoms with Crippen LogP contribution in [-0.2, 0) is 6.54 Å². The highest BCUT2D eigenvalue weighted by atomic mass is 32.1. The van der Waals surface area contributed by atoms with E-state index in [1.54, 1.807) is 11.6 Å². The lowest BCUT2D eigenvalue weighted by molar-refractivity contribution is 0.157. The molecule has 7 heteroatoms. The number of likely N-dealkylation sites (tertiary alicyclic amines) is 1. The Morgan fingerprint density at radius 2 is 2.37 bits per heavy atom. The molecule has 2 aromatic rings. The minimum atomic E-state index is -0.115. The van der Waals surface area contributed by atoms with Gasteiger partial charge in [-0.15, -0.1) is 0 Å². The van der Waals surface area contributed by atoms with E-state index in [1.165, 1.54) is 15.9 Å². The molecule has 102 valence electrons. The minimum Gasteiger partial charge on any atom is -0.327 e. The fraction of sp³-hybridized carbons (Fsp3) is 0.583. The van der Waals surface area contributed by atoms with Gasteiger partial charge >= 0.3 is 0 Å². The van der Waals surface area contributed by atoms with Crippen LogP contribution in [0.1, 0.15) is 19.0 Å². The zero-order chi connectivity index (χ0) is 13.4. The summed E-state index contributed by atoms with van der Waals surface area (Å²) in [6, 6.07) is 1.79. The molecule has 0 saturated carbocycles. The van der Waals surface area contributed by atoms with Crippen LogP contribution >= 0.6 is 11.3 Å². The minimum absolute atomic E-state index is 0.115. The van der Waals surface area contributed by atoms with Crippen LogP contribution in [-0.4, -0.2) is 38.6 Å². The molecule has 1 fully saturated rings. The van der Waals surface area contributed by atoms with Crippen molar-refractivity contribution in [3.63, 3.8) is 0 Å². The largest absolute Gasteiger partial charge is 0.327 e. The third kappa shape index (κ3) is 2.68. The molecule has 0 amide bonds. The molecule has 3 rings (SSSR count). The number of aromatic nitrogens is 3. The van der Waals surface area contributed by atoms with Gasteiger partial charge in [0, 0.05) is 31.7 Å². The normalized spacial score (nSPS) is 24.9. The topological polar surface area (TPSA) is 76.5 Å². The van der Waals surface area contributed by atoms with Gasteiger partial charge in [-0.05, 0) is 12.3 Å². The van der Waals surface area contributed by atoms with Crippen molar-refractivity contribution >= 4 is 16.3 Å². The van der Waals surface area contributed by atoms with Gasteiger partial charge in [-0.1, -0.05) is 18.3 Å². The van der Waals surface area contributed by atoms with Crippen molar-refractivity contribution in [3.05, 3.63) is 27.6 Å². The van der Waals surface area contributed by atoms with Crippen LogP contribution < -0.4 is 11.3 Å². The molecule has 0 aliphatic carbocycles. The van der Waals surface area contributed by atoms with E-state index in [0.29, 0.717) is 17.4 Å². The quantitative estimate of drug-likeness (QED) is 0.856. The number of fused-ring (bicyclic) bond motifs is 1. The van der Waals surface area contributed by atoms with E-state index in [1.807, 2.05) is 0 Å². The third-order valence-electron chi connectivity index (χ3n) is 3.39. The lowest BCUT2D eigenvalue weighted by atomic mass is 9.96. The van der Waals surface area contributed by atoms with Crippen LogP contribution in [0.15, 0.2) is 16.4 Å². The summed E-state index contributed by atoms with van der Waals surface area (Å²) < 4.78 is 1.33. The number of hydrogen-bond donors (Lipinski definition) is 1. The van der Waals surface area contributed by atoms with Gasteiger partial charge in [0.1, 0.15) is 5.51 Å². The van der Waals surface area contributed by atoms with Crippen LogP contribution in [0.5, 0.6) is 0 Å². The first-order chi connectivity index (χ1) is 9.11. The van der Waals surface area contributed by atoms with Crippen molar-refractivity contribution in [1.82, 2.24) is 19.5 Å². The number of hydrogen-bond acceptors (Lipinski definition) is 6. The summed E-state index contributed by atoms with van der Waals surface area (Å²) >= 11 is 1.38. The molecular formula is C12H17N5OS. The van der Waals surface area contributed by atoms with E-state index in [0.717, 1.165) is 25.2 Å². The van der Waals surface area contributed by atoms with Gasteiger partial charge in [-0.3, -0.25) is 9.69 Å². The maximum absolute atomic E-state index is 11.9. The molecule has 3 heterocycles. The van der Waals surface area contributed by atoms with Crippen LogP contribution in [0, 0.1) is 5.92 Å². The maximum atomic E-state index is 11.9. The van der Waals surface area contributed by atoms with E-state index in [4.69, 9.17) is 5.73 Å². The zero-order valence-electron chi connectivity index (χ0n) is 10.8. The molecule has 1 saturated heterocycles. The average Bonchev–Trinajstić information content (AvgIpc) is 2.75. The number of nitrogens with two attached hydrogens (primary N) is 1. The second-order valence-electron chi connectivity index (χ2n) is 5.31. The third-order valence-corrected chi connectivity index (χ3v) is 4.07. The van der Waals surface area contributed by atoms with Gasteiger partial charge in [0.2, 0.25) is 4.96 Å². The Hall–Kier alpha value is -1.31. The highest BCUT2D eigenvalue weighted by molar-refractivity contribution is 7.14. The van der Waals surface area contributed by atoms with Crippen molar-refractivity contribution in [2.24, 2.45) is 11.7 Å². The van der Waals surface area contributed by atoms with Crippen LogP contribution in [0.2, 0.25) is 0 Å². The Kier molecular flexibility index (Phi) is 3.34. The van der Waals surface area contributed by atoms with E-state index in [9.17, 15) is 4.79 Å². The van der Waals surface area contributed by atoms with Gasteiger partial charge in [-0.2, -0.15) is 9.61 Å². The van der Waals surface area contributed by atoms with Gasteiger partial charge in [0.05, 0.1) is 5.69 Å². The molecule has 2 unspecified atom stereocenters. The zero-order valence-corrected chi connectivity index (χ0v) is 11.6. The molecule has 0 bridgehead atoms. The predicted octanol–water partition coefficient (Wildman–Crippen LogP) is 0.320. The Labute approximate surface area is 114 Å². The first-order valence-electron chi connectivity index (χ1n) is 6.42. The first kappa shape index (κ1) is 12.7. The molecule has 0 spiro atoms. The SMILES string of the molecule is CC1CC(N)CN(Cc2cc(=O)n3ncsc3n2)C1. The maximum Gasteiger partial charge on any atom is 0.275 e. The molecular weight excluding hydrogens is 262 g/mol. The average molecular weight is 279 g/mol. The monoisotopic (exact) mass is 279 g/mol. The van der Waals surface area contributed by atoms with E-state index >= 15 is 0 Å². The summed E-state index contributed by atoms with van der Waals surface area (Å²) in [5, 5.41) is 3.96. The summed E-state index contributed by atoms with van der Waals surface area (Å²) in [7, 11) is 0. The highest BCUT2D eigenvalue weighted by Gasteiger charge is 2.22. The van der Waals surface area contributed by atoms with Crippen molar-refractivity contribution in [1.29, 1.82) is 0 Å². The summed E-state index contributed by atoms with van der Waals surface area (Å²) in [6.45, 7) is 4.77. The van der Waals surface area contributed by atoms with Crippen LogP contribution in [0.3, 0.4) is 0 Å². The Morgan fingerprint density at radius 1 is 1.53 bits per heavy atom. The predicted molar refractivity (Wildman–Crippen MR) is 74.2 cm³/mol. The summed E-state index contributed by atoms with van der Waals surface area (Å²) in [4.78, 5) is 19.3. The molecule has 2 atom stereocenters. The first-order valence-corrected chi connectivity index (χ1v) is 7.30. The fourth-order valence-corrected chi connectivity index (χ4v) is 3.40. The fourth-order valence-electron chi connectivity index (χ4n) is 2.75. The van der Waals surface area contributed by atoms with Gasteiger partial charge < -0.3 is 5.73 Å². The van der Waals surface area contributed by atoms with Crippen LogP contribution in [0.4, 0.5) is 0 Å². The van der Waals surface area contributed by atoms with Crippen molar-refractivity contribution < 1.29 is 0 Å². The second kappa shape index (κ2) is 4.99. The van der Waals surface area contributed by atoms with Crippen molar-refractivity contribution in [2.45, 2.75) is 25.9 Å². The Balaban J connectivity index is 1.83. The summed E-state index contributed by atoms with van der Waals surface area (Å²) in [5.74, 6) is 0.594. The number of rotatable bonds is 2. The summed E-state index contributed by atoms with van der Waals surface area (Å²) in [6.07, 6.45) is 1.07. The summed E-state index contributed by atoms with van der Waals surface area (Å²) in [5.41, 5.74) is 8.35. The molecule has 19 heavy (non-hydrogen) atoms. The van der Waals surface area contributed by atoms with Crippen molar-refractivity contribution in [2.75, 3.05) is 13.1 Å². The van der Waals surface area contributed by atoms with Gasteiger partial charge in [-0.25, -0.2) is 4.98 Å².